The number of carbonyl (C=O) groups is 1. The van der Waals surface area contributed by atoms with Crippen molar-refractivity contribution >= 4 is 5.97 Å². The summed E-state index contributed by atoms with van der Waals surface area (Å²) in [6.07, 6.45) is 11.2. The van der Waals surface area contributed by atoms with Gasteiger partial charge in [-0.3, -0.25) is 9.80 Å². The maximum atomic E-state index is 11.4. The number of hydrogen-bond donors (Lipinski definition) is 0. The summed E-state index contributed by atoms with van der Waals surface area (Å²) in [6.45, 7) is 8.81. The largest absolute Gasteiger partial charge is 0.463 e. The van der Waals surface area contributed by atoms with Crippen LogP contribution in [-0.2, 0) is 9.53 Å². The molecular weight excluding hydrogens is 364 g/mol. The highest BCUT2D eigenvalue weighted by molar-refractivity contribution is 5.66. The first-order chi connectivity index (χ1) is 13.7. The lowest BCUT2D eigenvalue weighted by atomic mass is 9.44. The highest BCUT2D eigenvalue weighted by Gasteiger charge is 2.61. The molecule has 5 heteroatoms. The summed E-state index contributed by atoms with van der Waals surface area (Å²) in [7, 11) is 1.84. The maximum absolute atomic E-state index is 11.4. The minimum Gasteiger partial charge on any atom is -0.463 e. The SMILES string of the molecule is CC(=O)O[C@H]1CC[C@@]2(C)[C@@H](CC[C@@H]3[C@@H]2CC[C@]2(C)[C@@H]([C@H](C)N(C)N=O)CC[C@@H]32)C1. The van der Waals surface area contributed by atoms with Crippen LogP contribution in [0.3, 0.4) is 0 Å². The molecule has 5 nitrogen and oxygen atoms in total. The van der Waals surface area contributed by atoms with Crippen molar-refractivity contribution in [1.82, 2.24) is 5.01 Å². The molecule has 164 valence electrons. The Morgan fingerprint density at radius 1 is 1.03 bits per heavy atom. The molecule has 0 N–H and O–H groups in total. The minimum absolute atomic E-state index is 0.123. The van der Waals surface area contributed by atoms with Gasteiger partial charge in [-0.2, -0.15) is 0 Å². The van der Waals surface area contributed by atoms with Gasteiger partial charge in [0.2, 0.25) is 0 Å². The van der Waals surface area contributed by atoms with E-state index in [0.29, 0.717) is 22.7 Å². The first-order valence-electron chi connectivity index (χ1n) is 11.9. The molecule has 9 atom stereocenters. The standard InChI is InChI=1S/C24H40N2O3/c1-15(26(5)25-28)20-8-9-21-19-7-6-17-14-18(29-16(2)27)10-12-23(17,3)22(19)11-13-24(20,21)4/h15,17-22H,6-14H2,1-5H3/t15-,17-,18-,19-,20+,21-,22-,23-,24+/m0/s1. The van der Waals surface area contributed by atoms with Gasteiger partial charge in [-0.05, 0) is 105 Å². The summed E-state index contributed by atoms with van der Waals surface area (Å²) >= 11 is 0. The second-order valence-electron chi connectivity index (χ2n) is 11.3. The molecule has 29 heavy (non-hydrogen) atoms. The third-order valence-electron chi connectivity index (χ3n) is 10.3. The molecule has 0 saturated heterocycles. The minimum atomic E-state index is -0.123. The van der Waals surface area contributed by atoms with E-state index in [1.54, 1.807) is 11.9 Å². The molecule has 0 unspecified atom stereocenters. The third-order valence-corrected chi connectivity index (χ3v) is 10.3. The highest BCUT2D eigenvalue weighted by atomic mass is 16.5. The fourth-order valence-corrected chi connectivity index (χ4v) is 8.73. The van der Waals surface area contributed by atoms with Gasteiger partial charge in [-0.1, -0.05) is 13.8 Å². The summed E-state index contributed by atoms with van der Waals surface area (Å²) in [5, 5.41) is 4.87. The summed E-state index contributed by atoms with van der Waals surface area (Å²) in [5.41, 5.74) is 0.753. The van der Waals surface area contributed by atoms with Crippen LogP contribution in [0.2, 0.25) is 0 Å². The topological polar surface area (TPSA) is 59.0 Å². The zero-order valence-corrected chi connectivity index (χ0v) is 19.0. The Labute approximate surface area is 176 Å². The quantitative estimate of drug-likeness (QED) is 0.349. The molecule has 0 amide bonds. The molecule has 0 spiro atoms. The molecule has 4 rings (SSSR count). The van der Waals surface area contributed by atoms with Gasteiger partial charge in [-0.25, -0.2) is 0 Å². The molecule has 0 aromatic heterocycles. The smallest absolute Gasteiger partial charge is 0.302 e. The Hall–Kier alpha value is -1.13. The zero-order valence-electron chi connectivity index (χ0n) is 19.0. The van der Waals surface area contributed by atoms with Gasteiger partial charge in [0.15, 0.2) is 0 Å². The van der Waals surface area contributed by atoms with Crippen LogP contribution in [0.25, 0.3) is 0 Å². The number of nitroso groups, excluding NO2 is 1. The van der Waals surface area contributed by atoms with E-state index in [4.69, 9.17) is 4.74 Å². The molecule has 0 aromatic carbocycles. The van der Waals surface area contributed by atoms with E-state index in [1.165, 1.54) is 44.9 Å². The predicted molar refractivity (Wildman–Crippen MR) is 114 cm³/mol. The van der Waals surface area contributed by atoms with E-state index in [0.717, 1.165) is 30.6 Å². The van der Waals surface area contributed by atoms with Crippen molar-refractivity contribution in [3.05, 3.63) is 4.91 Å². The van der Waals surface area contributed by atoms with Gasteiger partial charge in [0, 0.05) is 14.0 Å². The number of ether oxygens (including phenoxy) is 1. The Morgan fingerprint density at radius 2 is 1.72 bits per heavy atom. The van der Waals surface area contributed by atoms with Crippen LogP contribution in [-0.4, -0.2) is 30.2 Å². The van der Waals surface area contributed by atoms with Crippen molar-refractivity contribution in [3.8, 4) is 0 Å². The molecule has 0 aromatic rings. The molecule has 0 radical (unpaired) electrons. The fraction of sp³-hybridized carbons (Fsp3) is 0.958. The van der Waals surface area contributed by atoms with Crippen LogP contribution in [0.1, 0.15) is 85.5 Å². The fourth-order valence-electron chi connectivity index (χ4n) is 8.73. The van der Waals surface area contributed by atoms with Crippen LogP contribution >= 0.6 is 0 Å². The summed E-state index contributed by atoms with van der Waals surface area (Å²) in [5.74, 6) is 3.58. The van der Waals surface area contributed by atoms with Gasteiger partial charge in [0.25, 0.3) is 0 Å². The third kappa shape index (κ3) is 3.31. The van der Waals surface area contributed by atoms with Crippen LogP contribution in [0.4, 0.5) is 0 Å². The number of rotatable bonds is 4. The number of carbonyl (C=O) groups excluding carboxylic acids is 1. The van der Waals surface area contributed by atoms with Crippen LogP contribution < -0.4 is 0 Å². The van der Waals surface area contributed by atoms with Crippen molar-refractivity contribution in [1.29, 1.82) is 0 Å². The Balaban J connectivity index is 1.51. The maximum Gasteiger partial charge on any atom is 0.302 e. The summed E-state index contributed by atoms with van der Waals surface area (Å²) in [6, 6.07) is 0.227. The predicted octanol–water partition coefficient (Wildman–Crippen LogP) is 5.58. The van der Waals surface area contributed by atoms with E-state index in [-0.39, 0.29) is 18.1 Å². The van der Waals surface area contributed by atoms with Crippen LogP contribution in [0.15, 0.2) is 5.29 Å². The van der Waals surface area contributed by atoms with Crippen molar-refractivity contribution in [2.24, 2.45) is 45.7 Å². The van der Waals surface area contributed by atoms with Gasteiger partial charge in [0.1, 0.15) is 6.10 Å². The van der Waals surface area contributed by atoms with E-state index >= 15 is 0 Å². The second-order valence-corrected chi connectivity index (χ2v) is 11.3. The van der Waals surface area contributed by atoms with Crippen molar-refractivity contribution < 1.29 is 9.53 Å². The van der Waals surface area contributed by atoms with Crippen LogP contribution in [0.5, 0.6) is 0 Å². The molecular formula is C24H40N2O3. The Morgan fingerprint density at radius 3 is 2.41 bits per heavy atom. The number of hydrogen-bond acceptors (Lipinski definition) is 4. The molecule has 0 heterocycles. The number of esters is 1. The molecule has 0 aliphatic heterocycles. The van der Waals surface area contributed by atoms with Gasteiger partial charge in [-0.15, -0.1) is 4.91 Å². The van der Waals surface area contributed by atoms with Crippen LogP contribution in [0, 0.1) is 45.3 Å². The van der Waals surface area contributed by atoms with Gasteiger partial charge < -0.3 is 4.74 Å². The lowest BCUT2D eigenvalue weighted by molar-refractivity contribution is -0.160. The Bertz CT molecular complexity index is 654. The summed E-state index contributed by atoms with van der Waals surface area (Å²) in [4.78, 5) is 22.6. The Kier molecular flexibility index (Phi) is 5.48. The summed E-state index contributed by atoms with van der Waals surface area (Å²) < 4.78 is 5.60. The number of fused-ring (bicyclic) bond motifs is 5. The zero-order chi connectivity index (χ0) is 21.0. The molecule has 4 aliphatic carbocycles. The van der Waals surface area contributed by atoms with Crippen molar-refractivity contribution in [3.63, 3.8) is 0 Å². The normalized spacial score (nSPS) is 47.3. The lowest BCUT2D eigenvalue weighted by Gasteiger charge is -2.61. The highest BCUT2D eigenvalue weighted by Crippen LogP contribution is 2.68. The number of nitrogens with zero attached hydrogens (tertiary/aromatic N) is 2. The first kappa shape index (κ1) is 21.1. The molecule has 4 fully saturated rings. The van der Waals surface area contributed by atoms with Crippen molar-refractivity contribution in [2.75, 3.05) is 7.05 Å². The van der Waals surface area contributed by atoms with E-state index in [2.05, 4.69) is 26.1 Å². The van der Waals surface area contributed by atoms with Gasteiger partial charge >= 0.3 is 5.97 Å². The molecule has 0 bridgehead atoms. The second kappa shape index (κ2) is 7.53. The van der Waals surface area contributed by atoms with Crippen molar-refractivity contribution in [2.45, 2.75) is 97.6 Å². The average Bonchev–Trinajstić information content (AvgIpc) is 3.03. The van der Waals surface area contributed by atoms with E-state index < -0.39 is 0 Å². The van der Waals surface area contributed by atoms with E-state index in [9.17, 15) is 9.70 Å². The van der Waals surface area contributed by atoms with E-state index in [1.807, 2.05) is 7.05 Å². The molecule has 4 aliphatic rings. The molecule has 4 saturated carbocycles. The first-order valence-corrected chi connectivity index (χ1v) is 11.9. The average molecular weight is 405 g/mol. The monoisotopic (exact) mass is 404 g/mol. The lowest BCUT2D eigenvalue weighted by Crippen LogP contribution is -2.55. The van der Waals surface area contributed by atoms with Gasteiger partial charge in [0.05, 0.1) is 11.3 Å².